The minimum Gasteiger partial charge on any atom is -0.320 e. The highest BCUT2D eigenvalue weighted by molar-refractivity contribution is 7.89. The smallest absolute Gasteiger partial charge is 0.243 e. The molecule has 0 saturated heterocycles. The van der Waals surface area contributed by atoms with Gasteiger partial charge in [-0.05, 0) is 45.7 Å². The van der Waals surface area contributed by atoms with Crippen LogP contribution in [-0.4, -0.2) is 37.8 Å². The fraction of sp³-hybridized carbons (Fsp3) is 0.786. The van der Waals surface area contributed by atoms with Crippen molar-refractivity contribution in [2.75, 3.05) is 13.6 Å². The molecule has 1 rings (SSSR count). The quantitative estimate of drug-likeness (QED) is 0.643. The molecule has 2 N–H and O–H groups in total. The third-order valence-corrected chi connectivity index (χ3v) is 4.81. The fourth-order valence-electron chi connectivity index (χ4n) is 2.00. The molecule has 0 fully saturated rings. The van der Waals surface area contributed by atoms with Gasteiger partial charge in [0, 0.05) is 18.8 Å². The largest absolute Gasteiger partial charge is 0.320 e. The van der Waals surface area contributed by atoms with Gasteiger partial charge in [0.1, 0.15) is 4.90 Å². The SMILES string of the molecule is CNCCCn1cc(S(=O)(=O)NC(C)CCC(C)C)cn1. The average molecular weight is 316 g/mol. The van der Waals surface area contributed by atoms with E-state index >= 15 is 0 Å². The molecule has 0 aliphatic heterocycles. The summed E-state index contributed by atoms with van der Waals surface area (Å²) < 4.78 is 28.9. The van der Waals surface area contributed by atoms with E-state index in [0.717, 1.165) is 25.8 Å². The van der Waals surface area contributed by atoms with Gasteiger partial charge >= 0.3 is 0 Å². The van der Waals surface area contributed by atoms with Crippen LogP contribution in [-0.2, 0) is 16.6 Å². The van der Waals surface area contributed by atoms with E-state index in [4.69, 9.17) is 0 Å². The van der Waals surface area contributed by atoms with Crippen molar-refractivity contribution in [3.8, 4) is 0 Å². The van der Waals surface area contributed by atoms with Crippen LogP contribution in [0.5, 0.6) is 0 Å². The Balaban J connectivity index is 2.57. The van der Waals surface area contributed by atoms with Gasteiger partial charge in [0.05, 0.1) is 6.20 Å². The normalized spacial score (nSPS) is 13.8. The standard InChI is InChI=1S/C14H28N4O2S/c1-12(2)6-7-13(3)17-21(19,20)14-10-16-18(11-14)9-5-8-15-4/h10-13,15,17H,5-9H2,1-4H3. The molecule has 1 aromatic heterocycles. The highest BCUT2D eigenvalue weighted by Crippen LogP contribution is 2.11. The number of sulfonamides is 1. The Bertz CT molecular complexity index is 511. The second-order valence-electron chi connectivity index (χ2n) is 5.89. The van der Waals surface area contributed by atoms with Crippen LogP contribution in [0.25, 0.3) is 0 Å². The Morgan fingerprint density at radius 1 is 1.29 bits per heavy atom. The molecule has 21 heavy (non-hydrogen) atoms. The third-order valence-electron chi connectivity index (χ3n) is 3.27. The summed E-state index contributed by atoms with van der Waals surface area (Å²) in [4.78, 5) is 0.239. The minimum absolute atomic E-state index is 0.0648. The van der Waals surface area contributed by atoms with E-state index in [1.54, 1.807) is 10.9 Å². The molecule has 0 saturated carbocycles. The number of rotatable bonds is 10. The van der Waals surface area contributed by atoms with Crippen molar-refractivity contribution in [2.24, 2.45) is 5.92 Å². The number of aromatic nitrogens is 2. The molecule has 122 valence electrons. The van der Waals surface area contributed by atoms with Crippen LogP contribution in [0.3, 0.4) is 0 Å². The summed E-state index contributed by atoms with van der Waals surface area (Å²) in [5.41, 5.74) is 0. The number of nitrogens with zero attached hydrogens (tertiary/aromatic N) is 2. The first-order valence-corrected chi connectivity index (χ1v) is 9.03. The molecular weight excluding hydrogens is 288 g/mol. The van der Waals surface area contributed by atoms with Gasteiger partial charge in [-0.15, -0.1) is 0 Å². The summed E-state index contributed by atoms with van der Waals surface area (Å²) in [5.74, 6) is 0.576. The first kappa shape index (κ1) is 18.1. The van der Waals surface area contributed by atoms with Crippen molar-refractivity contribution < 1.29 is 8.42 Å². The van der Waals surface area contributed by atoms with Crippen LogP contribution in [0.2, 0.25) is 0 Å². The third kappa shape index (κ3) is 6.58. The molecule has 0 aromatic carbocycles. The molecule has 1 heterocycles. The van der Waals surface area contributed by atoms with Crippen molar-refractivity contribution in [3.05, 3.63) is 12.4 Å². The molecule has 7 heteroatoms. The van der Waals surface area contributed by atoms with Crippen molar-refractivity contribution in [1.82, 2.24) is 19.8 Å². The van der Waals surface area contributed by atoms with Gasteiger partial charge in [0.15, 0.2) is 0 Å². The number of nitrogens with one attached hydrogen (secondary N) is 2. The Morgan fingerprint density at radius 2 is 2.00 bits per heavy atom. The lowest BCUT2D eigenvalue weighted by atomic mass is 10.1. The monoisotopic (exact) mass is 316 g/mol. The molecule has 1 atom stereocenters. The van der Waals surface area contributed by atoms with Crippen LogP contribution < -0.4 is 10.0 Å². The molecule has 0 aliphatic rings. The Kier molecular flexibility index (Phi) is 7.34. The first-order valence-electron chi connectivity index (χ1n) is 7.54. The van der Waals surface area contributed by atoms with Crippen molar-refractivity contribution in [3.63, 3.8) is 0 Å². The summed E-state index contributed by atoms with van der Waals surface area (Å²) >= 11 is 0. The first-order chi connectivity index (χ1) is 9.85. The molecule has 0 radical (unpaired) electrons. The summed E-state index contributed by atoms with van der Waals surface area (Å²) in [6, 6.07) is -0.0648. The van der Waals surface area contributed by atoms with E-state index in [1.807, 2.05) is 14.0 Å². The van der Waals surface area contributed by atoms with Crippen LogP contribution in [0.1, 0.15) is 40.0 Å². The van der Waals surface area contributed by atoms with E-state index in [-0.39, 0.29) is 10.9 Å². The predicted octanol–water partition coefficient (Wildman–Crippen LogP) is 1.60. The zero-order chi connectivity index (χ0) is 15.9. The van der Waals surface area contributed by atoms with Crippen LogP contribution >= 0.6 is 0 Å². The molecule has 0 bridgehead atoms. The number of aryl methyl sites for hydroxylation is 1. The predicted molar refractivity (Wildman–Crippen MR) is 84.6 cm³/mol. The molecule has 1 unspecified atom stereocenters. The van der Waals surface area contributed by atoms with Crippen LogP contribution in [0.15, 0.2) is 17.3 Å². The maximum Gasteiger partial charge on any atom is 0.243 e. The highest BCUT2D eigenvalue weighted by atomic mass is 32.2. The molecule has 0 amide bonds. The van der Waals surface area contributed by atoms with E-state index in [9.17, 15) is 8.42 Å². The van der Waals surface area contributed by atoms with Gasteiger partial charge in [0.2, 0.25) is 10.0 Å². The van der Waals surface area contributed by atoms with Gasteiger partial charge in [-0.3, -0.25) is 4.68 Å². The van der Waals surface area contributed by atoms with Gasteiger partial charge in [-0.1, -0.05) is 13.8 Å². The minimum atomic E-state index is -3.47. The molecule has 6 nitrogen and oxygen atoms in total. The summed E-state index contributed by atoms with van der Waals surface area (Å²) in [5, 5.41) is 7.16. The Morgan fingerprint density at radius 3 is 2.62 bits per heavy atom. The van der Waals surface area contributed by atoms with E-state index in [2.05, 4.69) is 29.0 Å². The Hall–Kier alpha value is -0.920. The number of hydrogen-bond acceptors (Lipinski definition) is 4. The van der Waals surface area contributed by atoms with Crippen molar-refractivity contribution >= 4 is 10.0 Å². The lowest BCUT2D eigenvalue weighted by Crippen LogP contribution is -2.32. The summed E-state index contributed by atoms with van der Waals surface area (Å²) in [7, 11) is -1.58. The van der Waals surface area contributed by atoms with Crippen molar-refractivity contribution in [2.45, 2.75) is 57.5 Å². The lowest BCUT2D eigenvalue weighted by molar-refractivity contribution is 0.485. The zero-order valence-electron chi connectivity index (χ0n) is 13.5. The highest BCUT2D eigenvalue weighted by Gasteiger charge is 2.19. The fourth-order valence-corrected chi connectivity index (χ4v) is 3.23. The Labute approximate surface area is 128 Å². The zero-order valence-corrected chi connectivity index (χ0v) is 14.3. The van der Waals surface area contributed by atoms with E-state index in [0.29, 0.717) is 12.5 Å². The van der Waals surface area contributed by atoms with Gasteiger partial charge in [-0.2, -0.15) is 5.10 Å². The molecule has 0 aliphatic carbocycles. The maximum atomic E-state index is 12.3. The second kappa shape index (κ2) is 8.51. The second-order valence-corrected chi connectivity index (χ2v) is 7.60. The lowest BCUT2D eigenvalue weighted by Gasteiger charge is -2.14. The molecule has 0 spiro atoms. The topological polar surface area (TPSA) is 76.0 Å². The maximum absolute atomic E-state index is 12.3. The van der Waals surface area contributed by atoms with E-state index in [1.165, 1.54) is 6.20 Å². The van der Waals surface area contributed by atoms with Gasteiger partial charge < -0.3 is 5.32 Å². The summed E-state index contributed by atoms with van der Waals surface area (Å²) in [6.45, 7) is 7.76. The van der Waals surface area contributed by atoms with Gasteiger partial charge in [0.25, 0.3) is 0 Å². The average Bonchev–Trinajstić information content (AvgIpc) is 2.86. The molecular formula is C14H28N4O2S. The molecule has 1 aromatic rings. The number of hydrogen-bond donors (Lipinski definition) is 2. The van der Waals surface area contributed by atoms with Crippen molar-refractivity contribution in [1.29, 1.82) is 0 Å². The van der Waals surface area contributed by atoms with Crippen LogP contribution in [0.4, 0.5) is 0 Å². The van der Waals surface area contributed by atoms with Crippen LogP contribution in [0, 0.1) is 5.92 Å². The van der Waals surface area contributed by atoms with Gasteiger partial charge in [-0.25, -0.2) is 13.1 Å². The van der Waals surface area contributed by atoms with E-state index < -0.39 is 10.0 Å². The summed E-state index contributed by atoms with van der Waals surface area (Å²) in [6.07, 6.45) is 5.76.